The first kappa shape index (κ1) is 12.6. The summed E-state index contributed by atoms with van der Waals surface area (Å²) in [6.45, 7) is 4.32. The SMILES string of the molecule is CCc1c(Cl)ncnc1OC1CCCC(C)C1. The summed E-state index contributed by atoms with van der Waals surface area (Å²) in [5.74, 6) is 1.42. The molecule has 2 rings (SSSR count). The van der Waals surface area contributed by atoms with Crippen LogP contribution in [-0.2, 0) is 6.42 Å². The number of hydrogen-bond acceptors (Lipinski definition) is 3. The van der Waals surface area contributed by atoms with Crippen molar-refractivity contribution in [3.05, 3.63) is 17.0 Å². The molecule has 1 saturated carbocycles. The Morgan fingerprint density at radius 3 is 2.94 bits per heavy atom. The van der Waals surface area contributed by atoms with Crippen molar-refractivity contribution < 1.29 is 4.74 Å². The predicted octanol–water partition coefficient (Wildman–Crippen LogP) is 3.65. The smallest absolute Gasteiger partial charge is 0.221 e. The van der Waals surface area contributed by atoms with Crippen molar-refractivity contribution in [1.29, 1.82) is 0 Å². The third-order valence-electron chi connectivity index (χ3n) is 3.37. The van der Waals surface area contributed by atoms with Gasteiger partial charge in [-0.2, -0.15) is 0 Å². The lowest BCUT2D eigenvalue weighted by Crippen LogP contribution is -2.25. The van der Waals surface area contributed by atoms with Gasteiger partial charge in [-0.15, -0.1) is 0 Å². The fourth-order valence-electron chi connectivity index (χ4n) is 2.42. The number of nitrogens with zero attached hydrogens (tertiary/aromatic N) is 2. The van der Waals surface area contributed by atoms with Gasteiger partial charge in [0.15, 0.2) is 0 Å². The quantitative estimate of drug-likeness (QED) is 0.773. The molecule has 4 heteroatoms. The summed E-state index contributed by atoms with van der Waals surface area (Å²) in [5.41, 5.74) is 0.924. The standard InChI is InChI=1S/C13H19ClN2O/c1-3-11-12(14)15-8-16-13(11)17-10-6-4-5-9(2)7-10/h8-10H,3-7H2,1-2H3. The highest BCUT2D eigenvalue weighted by Gasteiger charge is 2.22. The number of halogens is 1. The van der Waals surface area contributed by atoms with E-state index in [4.69, 9.17) is 16.3 Å². The lowest BCUT2D eigenvalue weighted by molar-refractivity contribution is 0.122. The lowest BCUT2D eigenvalue weighted by atomic mass is 9.89. The normalized spacial score (nSPS) is 24.6. The van der Waals surface area contributed by atoms with Crippen LogP contribution in [0.2, 0.25) is 5.15 Å². The van der Waals surface area contributed by atoms with Gasteiger partial charge in [0.1, 0.15) is 17.6 Å². The number of ether oxygens (including phenoxy) is 1. The van der Waals surface area contributed by atoms with Gasteiger partial charge in [-0.05, 0) is 31.6 Å². The maximum absolute atomic E-state index is 6.04. The summed E-state index contributed by atoms with van der Waals surface area (Å²) >= 11 is 6.04. The lowest BCUT2D eigenvalue weighted by Gasteiger charge is -2.27. The highest BCUT2D eigenvalue weighted by molar-refractivity contribution is 6.30. The average molecular weight is 255 g/mol. The molecule has 2 unspecified atom stereocenters. The van der Waals surface area contributed by atoms with Crippen LogP contribution in [0.15, 0.2) is 6.33 Å². The second-order valence-electron chi connectivity index (χ2n) is 4.81. The van der Waals surface area contributed by atoms with Gasteiger partial charge >= 0.3 is 0 Å². The zero-order valence-corrected chi connectivity index (χ0v) is 11.2. The summed E-state index contributed by atoms with van der Waals surface area (Å²) < 4.78 is 5.99. The van der Waals surface area contributed by atoms with E-state index in [1.165, 1.54) is 19.2 Å². The molecule has 0 bridgehead atoms. The van der Waals surface area contributed by atoms with Crippen LogP contribution in [0.1, 0.15) is 45.1 Å². The Hall–Kier alpha value is -0.830. The maximum Gasteiger partial charge on any atom is 0.221 e. The molecule has 0 N–H and O–H groups in total. The van der Waals surface area contributed by atoms with Crippen molar-refractivity contribution in [2.24, 2.45) is 5.92 Å². The monoisotopic (exact) mass is 254 g/mol. The topological polar surface area (TPSA) is 35.0 Å². The zero-order valence-electron chi connectivity index (χ0n) is 10.4. The van der Waals surface area contributed by atoms with Crippen LogP contribution < -0.4 is 4.74 Å². The first-order valence-electron chi connectivity index (χ1n) is 6.36. The van der Waals surface area contributed by atoms with Gasteiger partial charge in [0.2, 0.25) is 5.88 Å². The molecule has 1 heterocycles. The number of hydrogen-bond donors (Lipinski definition) is 0. The Kier molecular flexibility index (Phi) is 4.21. The second-order valence-corrected chi connectivity index (χ2v) is 5.17. The molecule has 0 radical (unpaired) electrons. The summed E-state index contributed by atoms with van der Waals surface area (Å²) in [6.07, 6.45) is 7.35. The van der Waals surface area contributed by atoms with E-state index in [9.17, 15) is 0 Å². The second kappa shape index (κ2) is 5.67. The van der Waals surface area contributed by atoms with Crippen LogP contribution in [0.25, 0.3) is 0 Å². The van der Waals surface area contributed by atoms with Gasteiger partial charge in [-0.1, -0.05) is 31.9 Å². The third-order valence-corrected chi connectivity index (χ3v) is 3.70. The zero-order chi connectivity index (χ0) is 12.3. The van der Waals surface area contributed by atoms with Gasteiger partial charge < -0.3 is 4.74 Å². The summed E-state index contributed by atoms with van der Waals surface area (Å²) in [6, 6.07) is 0. The molecular formula is C13H19ClN2O. The summed E-state index contributed by atoms with van der Waals surface area (Å²) in [7, 11) is 0. The molecular weight excluding hydrogens is 236 g/mol. The van der Waals surface area contributed by atoms with Gasteiger partial charge in [0.05, 0.1) is 5.56 Å². The minimum Gasteiger partial charge on any atom is -0.474 e. The van der Waals surface area contributed by atoms with Crippen molar-refractivity contribution in [3.63, 3.8) is 0 Å². The first-order valence-corrected chi connectivity index (χ1v) is 6.74. The molecule has 0 saturated heterocycles. The Morgan fingerprint density at radius 1 is 1.41 bits per heavy atom. The molecule has 17 heavy (non-hydrogen) atoms. The van der Waals surface area contributed by atoms with Gasteiger partial charge in [-0.25, -0.2) is 9.97 Å². The molecule has 1 aliphatic rings. The molecule has 3 nitrogen and oxygen atoms in total. The van der Waals surface area contributed by atoms with Crippen molar-refractivity contribution in [3.8, 4) is 5.88 Å². The minimum atomic E-state index is 0.287. The van der Waals surface area contributed by atoms with E-state index in [-0.39, 0.29) is 6.10 Å². The molecule has 0 aromatic carbocycles. The number of aromatic nitrogens is 2. The predicted molar refractivity (Wildman–Crippen MR) is 68.5 cm³/mol. The highest BCUT2D eigenvalue weighted by atomic mass is 35.5. The molecule has 1 aliphatic carbocycles. The van der Waals surface area contributed by atoms with E-state index in [0.29, 0.717) is 11.0 Å². The fourth-order valence-corrected chi connectivity index (χ4v) is 2.68. The van der Waals surface area contributed by atoms with E-state index in [2.05, 4.69) is 16.9 Å². The van der Waals surface area contributed by atoms with Crippen molar-refractivity contribution in [1.82, 2.24) is 9.97 Å². The maximum atomic E-state index is 6.04. The fraction of sp³-hybridized carbons (Fsp3) is 0.692. The molecule has 0 aliphatic heterocycles. The Morgan fingerprint density at radius 2 is 2.24 bits per heavy atom. The summed E-state index contributed by atoms with van der Waals surface area (Å²) in [5, 5.41) is 0.515. The molecule has 94 valence electrons. The van der Waals surface area contributed by atoms with Gasteiger partial charge in [-0.3, -0.25) is 0 Å². The van der Waals surface area contributed by atoms with Gasteiger partial charge in [0.25, 0.3) is 0 Å². The van der Waals surface area contributed by atoms with Crippen LogP contribution in [0, 0.1) is 5.92 Å². The summed E-state index contributed by atoms with van der Waals surface area (Å²) in [4.78, 5) is 8.20. The first-order chi connectivity index (χ1) is 8.20. The van der Waals surface area contributed by atoms with E-state index >= 15 is 0 Å². The van der Waals surface area contributed by atoms with Crippen LogP contribution >= 0.6 is 11.6 Å². The van der Waals surface area contributed by atoms with Crippen LogP contribution in [0.3, 0.4) is 0 Å². The Labute approximate surface area is 108 Å². The average Bonchev–Trinajstić information content (AvgIpc) is 2.29. The molecule has 1 aromatic rings. The van der Waals surface area contributed by atoms with E-state index in [1.807, 2.05) is 6.92 Å². The molecule has 1 aromatic heterocycles. The van der Waals surface area contributed by atoms with E-state index in [1.54, 1.807) is 0 Å². The van der Waals surface area contributed by atoms with Crippen LogP contribution in [0.5, 0.6) is 5.88 Å². The van der Waals surface area contributed by atoms with Crippen LogP contribution in [0.4, 0.5) is 0 Å². The van der Waals surface area contributed by atoms with Crippen LogP contribution in [-0.4, -0.2) is 16.1 Å². The highest BCUT2D eigenvalue weighted by Crippen LogP contribution is 2.29. The Bertz CT molecular complexity index is 384. The molecule has 1 fully saturated rings. The van der Waals surface area contributed by atoms with E-state index < -0.39 is 0 Å². The minimum absolute atomic E-state index is 0.287. The number of rotatable bonds is 3. The van der Waals surface area contributed by atoms with Gasteiger partial charge in [0, 0.05) is 0 Å². The third kappa shape index (κ3) is 3.09. The van der Waals surface area contributed by atoms with Crippen molar-refractivity contribution in [2.75, 3.05) is 0 Å². The van der Waals surface area contributed by atoms with Crippen molar-refractivity contribution >= 4 is 11.6 Å². The van der Waals surface area contributed by atoms with Crippen molar-refractivity contribution in [2.45, 2.75) is 52.1 Å². The molecule has 0 amide bonds. The largest absolute Gasteiger partial charge is 0.474 e. The molecule has 2 atom stereocenters. The van der Waals surface area contributed by atoms with E-state index in [0.717, 1.165) is 30.7 Å². The molecule has 0 spiro atoms. The Balaban J connectivity index is 2.10.